The zero-order chi connectivity index (χ0) is 14.2. The fourth-order valence-electron chi connectivity index (χ4n) is 2.86. The van der Waals surface area contributed by atoms with Crippen molar-refractivity contribution >= 4 is 21.6 Å². The van der Waals surface area contributed by atoms with E-state index in [2.05, 4.69) is 52.8 Å². The molecular weight excluding hydrogens is 304 g/mol. The van der Waals surface area contributed by atoms with Crippen LogP contribution in [0.4, 0.5) is 5.69 Å². The predicted octanol–water partition coefficient (Wildman–Crippen LogP) is 2.89. The number of nitrogens with zero attached hydrogens (tertiary/aromatic N) is 2. The second-order valence-electron chi connectivity index (χ2n) is 5.80. The Morgan fingerprint density at radius 1 is 1.37 bits per heavy atom. The number of benzene rings is 1. The highest BCUT2D eigenvalue weighted by Gasteiger charge is 2.31. The van der Waals surface area contributed by atoms with Gasteiger partial charge in [-0.05, 0) is 60.6 Å². The number of halogens is 1. The standard InChI is InChI=1S/C15H23BrN2O/c1-10-8-18(9-15(10)17(3)4)14-6-5-12(11(2)19)7-13(14)16/h5-7,10-11,15,19H,8-9H2,1-4H3/t10?,11-,15?/m1/s1. The van der Waals surface area contributed by atoms with E-state index >= 15 is 0 Å². The monoisotopic (exact) mass is 326 g/mol. The van der Waals surface area contributed by atoms with Gasteiger partial charge in [0.15, 0.2) is 0 Å². The second kappa shape index (κ2) is 5.81. The predicted molar refractivity (Wildman–Crippen MR) is 83.6 cm³/mol. The Hall–Kier alpha value is -0.580. The Balaban J connectivity index is 2.20. The van der Waals surface area contributed by atoms with Gasteiger partial charge in [-0.2, -0.15) is 0 Å². The highest BCUT2D eigenvalue weighted by Crippen LogP contribution is 2.33. The van der Waals surface area contributed by atoms with E-state index in [1.165, 1.54) is 5.69 Å². The first-order chi connectivity index (χ1) is 8.90. The molecule has 19 heavy (non-hydrogen) atoms. The van der Waals surface area contributed by atoms with Gasteiger partial charge in [-0.25, -0.2) is 0 Å². The van der Waals surface area contributed by atoms with Crippen molar-refractivity contribution in [1.29, 1.82) is 0 Å². The Kier molecular flexibility index (Phi) is 4.54. The van der Waals surface area contributed by atoms with E-state index in [0.29, 0.717) is 12.0 Å². The minimum absolute atomic E-state index is 0.419. The van der Waals surface area contributed by atoms with Gasteiger partial charge in [-0.1, -0.05) is 13.0 Å². The topological polar surface area (TPSA) is 26.7 Å². The van der Waals surface area contributed by atoms with Crippen LogP contribution in [0, 0.1) is 5.92 Å². The normalized spacial score (nSPS) is 25.1. The Morgan fingerprint density at radius 3 is 2.53 bits per heavy atom. The van der Waals surface area contributed by atoms with E-state index in [4.69, 9.17) is 0 Å². The molecule has 4 heteroatoms. The number of hydrogen-bond donors (Lipinski definition) is 1. The summed E-state index contributed by atoms with van der Waals surface area (Å²) in [5, 5.41) is 9.62. The molecule has 1 aromatic rings. The number of likely N-dealkylation sites (N-methyl/N-ethyl adjacent to an activating group) is 1. The van der Waals surface area contributed by atoms with Gasteiger partial charge in [0.05, 0.1) is 11.8 Å². The largest absolute Gasteiger partial charge is 0.389 e. The first-order valence-electron chi connectivity index (χ1n) is 6.79. The maximum absolute atomic E-state index is 9.62. The fourth-order valence-corrected chi connectivity index (χ4v) is 3.51. The molecule has 3 atom stereocenters. The lowest BCUT2D eigenvalue weighted by molar-refractivity contribution is 0.199. The number of rotatable bonds is 3. The summed E-state index contributed by atoms with van der Waals surface area (Å²) in [5.74, 6) is 0.665. The van der Waals surface area contributed by atoms with Crippen LogP contribution in [-0.2, 0) is 0 Å². The molecule has 0 radical (unpaired) electrons. The molecule has 0 saturated carbocycles. The Labute approximate surface area is 124 Å². The van der Waals surface area contributed by atoms with Crippen molar-refractivity contribution in [2.45, 2.75) is 26.0 Å². The molecular formula is C15H23BrN2O. The van der Waals surface area contributed by atoms with Crippen LogP contribution >= 0.6 is 15.9 Å². The third-order valence-electron chi connectivity index (χ3n) is 4.03. The summed E-state index contributed by atoms with van der Waals surface area (Å²) < 4.78 is 1.07. The van der Waals surface area contributed by atoms with Gasteiger partial charge in [0, 0.05) is 23.6 Å². The van der Waals surface area contributed by atoms with Gasteiger partial charge in [0.1, 0.15) is 0 Å². The number of anilines is 1. The van der Waals surface area contributed by atoms with Gasteiger partial charge in [0.25, 0.3) is 0 Å². The Bertz CT molecular complexity index is 448. The van der Waals surface area contributed by atoms with Crippen LogP contribution < -0.4 is 4.90 Å². The molecule has 1 aliphatic rings. The molecule has 106 valence electrons. The smallest absolute Gasteiger partial charge is 0.0762 e. The minimum atomic E-state index is -0.419. The van der Waals surface area contributed by atoms with Crippen LogP contribution in [0.15, 0.2) is 22.7 Å². The van der Waals surface area contributed by atoms with Crippen LogP contribution in [0.25, 0.3) is 0 Å². The average molecular weight is 327 g/mol. The van der Waals surface area contributed by atoms with Crippen molar-refractivity contribution in [3.63, 3.8) is 0 Å². The van der Waals surface area contributed by atoms with E-state index in [-0.39, 0.29) is 0 Å². The van der Waals surface area contributed by atoms with Crippen molar-refractivity contribution in [2.75, 3.05) is 32.1 Å². The molecule has 2 rings (SSSR count). The number of hydrogen-bond acceptors (Lipinski definition) is 3. The zero-order valence-corrected chi connectivity index (χ0v) is 13.7. The summed E-state index contributed by atoms with van der Waals surface area (Å²) in [7, 11) is 4.30. The van der Waals surface area contributed by atoms with Gasteiger partial charge in [-0.3, -0.25) is 0 Å². The van der Waals surface area contributed by atoms with Crippen molar-refractivity contribution in [3.05, 3.63) is 28.2 Å². The van der Waals surface area contributed by atoms with E-state index in [9.17, 15) is 5.11 Å². The molecule has 2 unspecified atom stereocenters. The van der Waals surface area contributed by atoms with Crippen molar-refractivity contribution in [2.24, 2.45) is 5.92 Å². The summed E-state index contributed by atoms with van der Waals surface area (Å²) in [6.07, 6.45) is -0.419. The molecule has 1 aliphatic heterocycles. The SMILES string of the molecule is CC1CN(c2ccc([C@@H](C)O)cc2Br)CC1N(C)C. The molecule has 1 saturated heterocycles. The van der Waals surface area contributed by atoms with Gasteiger partial charge in [-0.15, -0.1) is 0 Å². The Morgan fingerprint density at radius 2 is 2.05 bits per heavy atom. The van der Waals surface area contributed by atoms with Gasteiger partial charge < -0.3 is 14.9 Å². The van der Waals surface area contributed by atoms with Gasteiger partial charge >= 0.3 is 0 Å². The lowest BCUT2D eigenvalue weighted by Gasteiger charge is -2.23. The van der Waals surface area contributed by atoms with E-state index < -0.39 is 6.10 Å². The maximum atomic E-state index is 9.62. The van der Waals surface area contributed by atoms with Crippen LogP contribution in [0.1, 0.15) is 25.5 Å². The summed E-state index contributed by atoms with van der Waals surface area (Å²) >= 11 is 3.64. The fraction of sp³-hybridized carbons (Fsp3) is 0.600. The molecule has 1 aromatic carbocycles. The van der Waals surface area contributed by atoms with Crippen LogP contribution in [0.5, 0.6) is 0 Å². The first-order valence-corrected chi connectivity index (χ1v) is 7.58. The summed E-state index contributed by atoms with van der Waals surface area (Å²) in [6, 6.07) is 6.74. The third-order valence-corrected chi connectivity index (χ3v) is 4.67. The summed E-state index contributed by atoms with van der Waals surface area (Å²) in [5.41, 5.74) is 2.17. The van der Waals surface area contributed by atoms with Crippen molar-refractivity contribution in [1.82, 2.24) is 4.90 Å². The number of aliphatic hydroxyl groups excluding tert-OH is 1. The summed E-state index contributed by atoms with van der Waals surface area (Å²) in [4.78, 5) is 4.73. The van der Waals surface area contributed by atoms with Crippen molar-refractivity contribution in [3.8, 4) is 0 Å². The highest BCUT2D eigenvalue weighted by atomic mass is 79.9. The average Bonchev–Trinajstić information content (AvgIpc) is 2.71. The molecule has 0 amide bonds. The van der Waals surface area contributed by atoms with Crippen LogP contribution in [0.3, 0.4) is 0 Å². The number of aliphatic hydroxyl groups is 1. The molecule has 0 aliphatic carbocycles. The zero-order valence-electron chi connectivity index (χ0n) is 12.1. The van der Waals surface area contributed by atoms with Gasteiger partial charge in [0.2, 0.25) is 0 Å². The molecule has 1 heterocycles. The lowest BCUT2D eigenvalue weighted by atomic mass is 10.1. The van der Waals surface area contributed by atoms with Crippen LogP contribution in [0.2, 0.25) is 0 Å². The van der Waals surface area contributed by atoms with E-state index in [1.54, 1.807) is 6.92 Å². The molecule has 0 aromatic heterocycles. The lowest BCUT2D eigenvalue weighted by Crippen LogP contribution is -2.34. The molecule has 0 spiro atoms. The van der Waals surface area contributed by atoms with Crippen molar-refractivity contribution < 1.29 is 5.11 Å². The molecule has 1 N–H and O–H groups in total. The highest BCUT2D eigenvalue weighted by molar-refractivity contribution is 9.10. The van der Waals surface area contributed by atoms with Crippen LogP contribution in [-0.4, -0.2) is 43.2 Å². The third kappa shape index (κ3) is 3.12. The molecule has 0 bridgehead atoms. The molecule has 1 fully saturated rings. The minimum Gasteiger partial charge on any atom is -0.389 e. The van der Waals surface area contributed by atoms with E-state index in [1.807, 2.05) is 12.1 Å². The first kappa shape index (κ1) is 14.8. The quantitative estimate of drug-likeness (QED) is 0.925. The second-order valence-corrected chi connectivity index (χ2v) is 6.65. The van der Waals surface area contributed by atoms with E-state index in [0.717, 1.165) is 23.1 Å². The maximum Gasteiger partial charge on any atom is 0.0762 e. The molecule has 3 nitrogen and oxygen atoms in total. The summed E-state index contributed by atoms with van der Waals surface area (Å²) in [6.45, 7) is 6.24.